The molecule has 0 aliphatic carbocycles. The number of nitrogens with one attached hydrogen (secondary N) is 2. The summed E-state index contributed by atoms with van der Waals surface area (Å²) in [7, 11) is 1.83. The second-order valence-electron chi connectivity index (χ2n) is 7.69. The van der Waals surface area contributed by atoms with Crippen LogP contribution in [0, 0.1) is 0 Å². The highest BCUT2D eigenvalue weighted by molar-refractivity contribution is 7.14. The van der Waals surface area contributed by atoms with Crippen molar-refractivity contribution in [1.29, 1.82) is 0 Å². The Morgan fingerprint density at radius 3 is 2.55 bits per heavy atom. The normalized spacial score (nSPS) is 13.9. The van der Waals surface area contributed by atoms with Crippen LogP contribution < -0.4 is 10.6 Å². The van der Waals surface area contributed by atoms with E-state index in [1.54, 1.807) is 6.07 Å². The first-order valence-electron chi connectivity index (χ1n) is 10.4. The zero-order valence-electron chi connectivity index (χ0n) is 17.8. The van der Waals surface area contributed by atoms with Gasteiger partial charge in [0.15, 0.2) is 5.13 Å². The smallest absolute Gasteiger partial charge is 0.380 e. The van der Waals surface area contributed by atoms with Crippen molar-refractivity contribution in [2.75, 3.05) is 30.8 Å². The Kier molecular flexibility index (Phi) is 6.81. The van der Waals surface area contributed by atoms with Crippen LogP contribution in [0.2, 0.25) is 5.02 Å². The first-order valence-corrected chi connectivity index (χ1v) is 11.6. The number of alkyl halides is 3. The van der Waals surface area contributed by atoms with Crippen molar-refractivity contribution in [3.05, 3.63) is 63.5 Å². The molecule has 2 N–H and O–H groups in total. The van der Waals surface area contributed by atoms with Crippen molar-refractivity contribution in [3.63, 3.8) is 0 Å². The van der Waals surface area contributed by atoms with Gasteiger partial charge in [0, 0.05) is 37.6 Å². The predicted octanol–water partition coefficient (Wildman–Crippen LogP) is 5.61. The summed E-state index contributed by atoms with van der Waals surface area (Å²) in [6.07, 6.45) is -4.22. The van der Waals surface area contributed by atoms with Crippen LogP contribution in [0.25, 0.3) is 11.3 Å². The quantitative estimate of drug-likeness (QED) is 0.484. The third-order valence-corrected chi connectivity index (χ3v) is 6.78. The Morgan fingerprint density at radius 2 is 1.88 bits per heavy atom. The van der Waals surface area contributed by atoms with Gasteiger partial charge in [-0.1, -0.05) is 41.9 Å². The molecule has 0 bridgehead atoms. The van der Waals surface area contributed by atoms with Gasteiger partial charge in [0.2, 0.25) is 0 Å². The molecule has 2 aromatic carbocycles. The maximum atomic E-state index is 12.9. The third-order valence-electron chi connectivity index (χ3n) is 5.61. The zero-order valence-corrected chi connectivity index (χ0v) is 19.4. The van der Waals surface area contributed by atoms with Crippen LogP contribution in [0.15, 0.2) is 41.8 Å². The van der Waals surface area contributed by atoms with Gasteiger partial charge in [-0.15, -0.1) is 11.3 Å². The lowest BCUT2D eigenvalue weighted by atomic mass is 10.0. The van der Waals surface area contributed by atoms with Crippen molar-refractivity contribution >= 4 is 39.7 Å². The van der Waals surface area contributed by atoms with Crippen molar-refractivity contribution in [2.24, 2.45) is 0 Å². The lowest BCUT2D eigenvalue weighted by Gasteiger charge is -2.21. The molecule has 1 amide bonds. The average Bonchev–Trinajstić information content (AvgIpc) is 3.18. The van der Waals surface area contributed by atoms with Gasteiger partial charge in [-0.3, -0.25) is 4.79 Å². The van der Waals surface area contributed by atoms with Gasteiger partial charge >= 0.3 is 12.1 Å². The second kappa shape index (κ2) is 9.61. The van der Waals surface area contributed by atoms with Crippen LogP contribution in [0.1, 0.15) is 16.7 Å². The molecule has 0 atom stereocenters. The summed E-state index contributed by atoms with van der Waals surface area (Å²) in [6, 6.07) is 11.6. The molecule has 0 saturated heterocycles. The second-order valence-corrected chi connectivity index (χ2v) is 8.95. The number of benzene rings is 2. The molecule has 2 heterocycles. The van der Waals surface area contributed by atoms with E-state index in [9.17, 15) is 18.0 Å². The third kappa shape index (κ3) is 5.25. The van der Waals surface area contributed by atoms with E-state index in [1.165, 1.54) is 11.3 Å². The van der Waals surface area contributed by atoms with E-state index in [0.29, 0.717) is 30.1 Å². The zero-order chi connectivity index (χ0) is 23.6. The number of fused-ring (bicyclic) bond motifs is 1. The fourth-order valence-electron chi connectivity index (χ4n) is 3.87. The summed E-state index contributed by atoms with van der Waals surface area (Å²) >= 11 is 7.98. The van der Waals surface area contributed by atoms with Crippen molar-refractivity contribution in [3.8, 4) is 11.3 Å². The first kappa shape index (κ1) is 23.4. The van der Waals surface area contributed by atoms with Gasteiger partial charge in [-0.05, 0) is 35.6 Å². The molecule has 0 saturated carbocycles. The predicted molar refractivity (Wildman–Crippen MR) is 126 cm³/mol. The summed E-state index contributed by atoms with van der Waals surface area (Å²) in [5.41, 5.74) is 5.41. The highest BCUT2D eigenvalue weighted by Crippen LogP contribution is 2.33. The molecule has 3 aromatic rings. The SMILES string of the molecule is CNc1nc(-c2ccc(CNc3c(Cl)ccc4c3CCN(C(=O)C(F)(F)F)CC4)cc2)cs1. The molecule has 0 radical (unpaired) electrons. The molecule has 10 heteroatoms. The van der Waals surface area contributed by atoms with Gasteiger partial charge in [-0.2, -0.15) is 13.2 Å². The summed E-state index contributed by atoms with van der Waals surface area (Å²) in [6.45, 7) is 0.525. The van der Waals surface area contributed by atoms with E-state index in [2.05, 4.69) is 15.6 Å². The van der Waals surface area contributed by atoms with Gasteiger partial charge in [0.05, 0.1) is 16.4 Å². The van der Waals surface area contributed by atoms with Crippen LogP contribution in [-0.4, -0.2) is 42.1 Å². The van der Waals surface area contributed by atoms with Crippen LogP contribution in [0.5, 0.6) is 0 Å². The topological polar surface area (TPSA) is 57.3 Å². The summed E-state index contributed by atoms with van der Waals surface area (Å²) in [5, 5.41) is 9.72. The highest BCUT2D eigenvalue weighted by Gasteiger charge is 2.42. The number of hydrogen-bond acceptors (Lipinski definition) is 5. The lowest BCUT2D eigenvalue weighted by Crippen LogP contribution is -2.42. The van der Waals surface area contributed by atoms with Gasteiger partial charge in [0.1, 0.15) is 0 Å². The fraction of sp³-hybridized carbons (Fsp3) is 0.304. The number of carbonyl (C=O) groups excluding carboxylic acids is 1. The van der Waals surface area contributed by atoms with Crippen LogP contribution in [0.3, 0.4) is 0 Å². The molecule has 174 valence electrons. The van der Waals surface area contributed by atoms with Gasteiger partial charge < -0.3 is 15.5 Å². The molecule has 1 aliphatic rings. The van der Waals surface area contributed by atoms with Crippen LogP contribution >= 0.6 is 22.9 Å². The standard InChI is InChI=1S/C23H22ClF3N4OS/c1-28-22-30-19(13-33-22)16-4-2-14(3-5-16)12-29-20-17-9-11-31(21(32)23(25,26)27)10-8-15(17)6-7-18(20)24/h2-7,13,29H,8-12H2,1H3,(H,28,30). The number of hydrogen-bond donors (Lipinski definition) is 2. The van der Waals surface area contributed by atoms with Crippen LogP contribution in [0.4, 0.5) is 24.0 Å². The number of amides is 1. The molecule has 1 aliphatic heterocycles. The highest BCUT2D eigenvalue weighted by atomic mass is 35.5. The molecular weight excluding hydrogens is 473 g/mol. The van der Waals surface area contributed by atoms with E-state index in [0.717, 1.165) is 38.0 Å². The van der Waals surface area contributed by atoms with E-state index >= 15 is 0 Å². The monoisotopic (exact) mass is 494 g/mol. The molecule has 0 unspecified atom stereocenters. The fourth-order valence-corrected chi connectivity index (χ4v) is 4.80. The van der Waals surface area contributed by atoms with E-state index < -0.39 is 12.1 Å². The Morgan fingerprint density at radius 1 is 1.15 bits per heavy atom. The van der Waals surface area contributed by atoms with Gasteiger partial charge in [-0.25, -0.2) is 4.98 Å². The van der Waals surface area contributed by atoms with E-state index in [4.69, 9.17) is 11.6 Å². The largest absolute Gasteiger partial charge is 0.471 e. The Bertz CT molecular complexity index is 1150. The summed E-state index contributed by atoms with van der Waals surface area (Å²) < 4.78 is 38.6. The average molecular weight is 495 g/mol. The number of anilines is 2. The molecule has 5 nitrogen and oxygen atoms in total. The molecule has 1 aromatic heterocycles. The molecule has 4 rings (SSSR count). The number of halogens is 4. The van der Waals surface area contributed by atoms with Crippen LogP contribution in [-0.2, 0) is 24.2 Å². The Labute approximate surface area is 198 Å². The molecular formula is C23H22ClF3N4OS. The Balaban J connectivity index is 1.47. The molecule has 33 heavy (non-hydrogen) atoms. The molecule has 0 spiro atoms. The van der Waals surface area contributed by atoms with Crippen molar-refractivity contribution in [1.82, 2.24) is 9.88 Å². The Hall–Kier alpha value is -2.78. The number of carbonyl (C=O) groups is 1. The van der Waals surface area contributed by atoms with E-state index in [1.807, 2.05) is 42.8 Å². The number of rotatable bonds is 5. The first-order chi connectivity index (χ1) is 15.8. The number of thiazole rings is 1. The van der Waals surface area contributed by atoms with Crippen molar-refractivity contribution < 1.29 is 18.0 Å². The maximum Gasteiger partial charge on any atom is 0.471 e. The minimum Gasteiger partial charge on any atom is -0.380 e. The van der Waals surface area contributed by atoms with Crippen molar-refractivity contribution in [2.45, 2.75) is 25.6 Å². The number of aromatic nitrogens is 1. The van der Waals surface area contributed by atoms with Gasteiger partial charge in [0.25, 0.3) is 0 Å². The summed E-state index contributed by atoms with van der Waals surface area (Å²) in [5.74, 6) is -1.79. The number of nitrogens with zero attached hydrogens (tertiary/aromatic N) is 2. The minimum absolute atomic E-state index is 0.00267. The maximum absolute atomic E-state index is 12.9. The minimum atomic E-state index is -4.87. The molecule has 0 fully saturated rings. The summed E-state index contributed by atoms with van der Waals surface area (Å²) in [4.78, 5) is 17.1. The lowest BCUT2D eigenvalue weighted by molar-refractivity contribution is -0.185. The van der Waals surface area contributed by atoms with E-state index in [-0.39, 0.29) is 13.1 Å².